The lowest BCUT2D eigenvalue weighted by atomic mass is 9.89. The van der Waals surface area contributed by atoms with Crippen LogP contribution in [0.1, 0.15) is 48.7 Å². The van der Waals surface area contributed by atoms with Gasteiger partial charge in [0.25, 0.3) is 5.91 Å². The van der Waals surface area contributed by atoms with E-state index < -0.39 is 0 Å². The zero-order valence-electron chi connectivity index (χ0n) is 18.7. The zero-order chi connectivity index (χ0) is 22.7. The number of ether oxygens (including phenoxy) is 1. The van der Waals surface area contributed by atoms with E-state index in [1.165, 1.54) is 0 Å². The summed E-state index contributed by atoms with van der Waals surface area (Å²) in [6, 6.07) is 24.6. The number of carbonyl (C=O) groups is 2. The maximum absolute atomic E-state index is 13.5. The summed E-state index contributed by atoms with van der Waals surface area (Å²) in [6.07, 6.45) is 1.07. The zero-order valence-corrected chi connectivity index (χ0v) is 18.7. The SMILES string of the molecule is CCC(=O)N(c1ccccc1)[C@@H]1C[C@@H](C)N(C(=O)c2ccc(OC)cc2)c2ccccc21. The molecule has 0 bridgehead atoms. The van der Waals surface area contributed by atoms with Crippen molar-refractivity contribution < 1.29 is 14.3 Å². The Morgan fingerprint density at radius 2 is 1.62 bits per heavy atom. The largest absolute Gasteiger partial charge is 0.497 e. The Bertz CT molecular complexity index is 1100. The van der Waals surface area contributed by atoms with Crippen molar-refractivity contribution >= 4 is 23.2 Å². The molecular weight excluding hydrogens is 400 g/mol. The van der Waals surface area contributed by atoms with Crippen molar-refractivity contribution in [2.45, 2.75) is 38.8 Å². The number of carbonyl (C=O) groups excluding carboxylic acids is 2. The van der Waals surface area contributed by atoms with Crippen LogP contribution < -0.4 is 14.5 Å². The van der Waals surface area contributed by atoms with Gasteiger partial charge in [-0.2, -0.15) is 0 Å². The molecule has 164 valence electrons. The molecule has 0 saturated heterocycles. The van der Waals surface area contributed by atoms with E-state index in [1.807, 2.05) is 78.2 Å². The van der Waals surface area contributed by atoms with Crippen molar-refractivity contribution in [2.24, 2.45) is 0 Å². The van der Waals surface area contributed by atoms with Gasteiger partial charge in [-0.05, 0) is 61.4 Å². The fourth-order valence-corrected chi connectivity index (χ4v) is 4.47. The van der Waals surface area contributed by atoms with Gasteiger partial charge in [-0.25, -0.2) is 0 Å². The lowest BCUT2D eigenvalue weighted by Gasteiger charge is -2.43. The van der Waals surface area contributed by atoms with Gasteiger partial charge in [0.2, 0.25) is 5.91 Å². The highest BCUT2D eigenvalue weighted by atomic mass is 16.5. The minimum Gasteiger partial charge on any atom is -0.497 e. The fourth-order valence-electron chi connectivity index (χ4n) is 4.47. The summed E-state index contributed by atoms with van der Waals surface area (Å²) in [5.74, 6) is 0.725. The molecular formula is C27H28N2O3. The third-order valence-electron chi connectivity index (χ3n) is 6.03. The first kappa shape index (κ1) is 21.6. The number of hydrogen-bond acceptors (Lipinski definition) is 3. The summed E-state index contributed by atoms with van der Waals surface area (Å²) >= 11 is 0. The van der Waals surface area contributed by atoms with Crippen LogP contribution in [0.2, 0.25) is 0 Å². The van der Waals surface area contributed by atoms with Crippen LogP contribution in [0.3, 0.4) is 0 Å². The Morgan fingerprint density at radius 1 is 0.969 bits per heavy atom. The number of methoxy groups -OCH3 is 1. The highest BCUT2D eigenvalue weighted by Crippen LogP contribution is 2.42. The molecule has 32 heavy (non-hydrogen) atoms. The number of anilines is 2. The van der Waals surface area contributed by atoms with Crippen LogP contribution in [-0.2, 0) is 4.79 Å². The predicted molar refractivity (Wildman–Crippen MR) is 127 cm³/mol. The van der Waals surface area contributed by atoms with Crippen LogP contribution >= 0.6 is 0 Å². The maximum atomic E-state index is 13.5. The highest BCUT2D eigenvalue weighted by Gasteiger charge is 2.38. The van der Waals surface area contributed by atoms with Crippen molar-refractivity contribution in [3.05, 3.63) is 90.0 Å². The predicted octanol–water partition coefficient (Wildman–Crippen LogP) is 5.62. The molecule has 0 fully saturated rings. The minimum absolute atomic E-state index is 0.0564. The first-order valence-corrected chi connectivity index (χ1v) is 11.0. The summed E-state index contributed by atoms with van der Waals surface area (Å²) in [7, 11) is 1.61. The van der Waals surface area contributed by atoms with Crippen LogP contribution in [0.15, 0.2) is 78.9 Å². The Kier molecular flexibility index (Phi) is 6.26. The molecule has 2 atom stereocenters. The van der Waals surface area contributed by atoms with Gasteiger partial charge in [0, 0.05) is 29.4 Å². The molecule has 3 aromatic rings. The number of rotatable bonds is 5. The second kappa shape index (κ2) is 9.27. The summed E-state index contributed by atoms with van der Waals surface area (Å²) in [4.78, 5) is 30.3. The quantitative estimate of drug-likeness (QED) is 0.530. The van der Waals surface area contributed by atoms with Crippen LogP contribution in [-0.4, -0.2) is 25.0 Å². The molecule has 0 unspecified atom stereocenters. The fraction of sp³-hybridized carbons (Fsp3) is 0.259. The summed E-state index contributed by atoms with van der Waals surface area (Å²) < 4.78 is 5.22. The number of para-hydroxylation sites is 2. The van der Waals surface area contributed by atoms with E-state index in [2.05, 4.69) is 0 Å². The molecule has 0 aliphatic carbocycles. The molecule has 0 radical (unpaired) electrons. The first-order valence-electron chi connectivity index (χ1n) is 11.0. The summed E-state index contributed by atoms with van der Waals surface area (Å²) in [5, 5.41) is 0. The second-order valence-corrected chi connectivity index (χ2v) is 8.02. The topological polar surface area (TPSA) is 49.9 Å². The normalized spacial score (nSPS) is 17.4. The van der Waals surface area contributed by atoms with Crippen LogP contribution in [0.25, 0.3) is 0 Å². The van der Waals surface area contributed by atoms with Gasteiger partial charge in [-0.15, -0.1) is 0 Å². The van der Waals surface area contributed by atoms with Crippen LogP contribution in [0.4, 0.5) is 11.4 Å². The Labute approximate surface area is 189 Å². The molecule has 0 N–H and O–H groups in total. The van der Waals surface area contributed by atoms with E-state index in [0.717, 1.165) is 16.9 Å². The maximum Gasteiger partial charge on any atom is 0.258 e. The average molecular weight is 429 g/mol. The van der Waals surface area contributed by atoms with Crippen molar-refractivity contribution in [2.75, 3.05) is 16.9 Å². The molecule has 5 nitrogen and oxygen atoms in total. The van der Waals surface area contributed by atoms with Gasteiger partial charge in [0.15, 0.2) is 0 Å². The van der Waals surface area contributed by atoms with Crippen molar-refractivity contribution in [1.82, 2.24) is 0 Å². The number of benzene rings is 3. The molecule has 1 aliphatic heterocycles. The monoisotopic (exact) mass is 428 g/mol. The number of hydrogen-bond donors (Lipinski definition) is 0. The molecule has 3 aromatic carbocycles. The summed E-state index contributed by atoms with van der Waals surface area (Å²) in [5.41, 5.74) is 3.32. The minimum atomic E-state index is -0.143. The van der Waals surface area contributed by atoms with Crippen molar-refractivity contribution in [1.29, 1.82) is 0 Å². The molecule has 1 heterocycles. The van der Waals surface area contributed by atoms with E-state index >= 15 is 0 Å². The summed E-state index contributed by atoms with van der Waals surface area (Å²) in [6.45, 7) is 3.93. The Morgan fingerprint density at radius 3 is 2.28 bits per heavy atom. The smallest absolute Gasteiger partial charge is 0.258 e. The highest BCUT2D eigenvalue weighted by molar-refractivity contribution is 6.07. The average Bonchev–Trinajstić information content (AvgIpc) is 2.84. The number of amides is 2. The van der Waals surface area contributed by atoms with Crippen molar-refractivity contribution in [3.63, 3.8) is 0 Å². The Hall–Kier alpha value is -3.60. The van der Waals surface area contributed by atoms with Gasteiger partial charge >= 0.3 is 0 Å². The van der Waals surface area contributed by atoms with E-state index in [4.69, 9.17) is 4.74 Å². The first-order chi connectivity index (χ1) is 15.5. The van der Waals surface area contributed by atoms with Crippen LogP contribution in [0.5, 0.6) is 5.75 Å². The van der Waals surface area contributed by atoms with Crippen molar-refractivity contribution in [3.8, 4) is 5.75 Å². The van der Waals surface area contributed by atoms with E-state index in [-0.39, 0.29) is 23.9 Å². The molecule has 4 rings (SSSR count). The van der Waals surface area contributed by atoms with Crippen LogP contribution in [0, 0.1) is 0 Å². The van der Waals surface area contributed by atoms with E-state index in [9.17, 15) is 9.59 Å². The molecule has 0 aromatic heterocycles. The van der Waals surface area contributed by atoms with Gasteiger partial charge in [-0.1, -0.05) is 43.3 Å². The molecule has 0 saturated carbocycles. The number of nitrogens with zero attached hydrogens (tertiary/aromatic N) is 2. The lowest BCUT2D eigenvalue weighted by Crippen LogP contribution is -2.47. The van der Waals surface area contributed by atoms with Gasteiger partial charge in [0.05, 0.1) is 13.2 Å². The number of fused-ring (bicyclic) bond motifs is 1. The standard InChI is InChI=1S/C27H28N2O3/c1-4-26(30)29(21-10-6-5-7-11-21)25-18-19(2)28(24-13-9-8-12-23(24)25)27(31)20-14-16-22(32-3)17-15-20/h5-17,19,25H,4,18H2,1-3H3/t19-,25-/m1/s1. The lowest BCUT2D eigenvalue weighted by molar-refractivity contribution is -0.118. The third-order valence-corrected chi connectivity index (χ3v) is 6.03. The van der Waals surface area contributed by atoms with E-state index in [1.54, 1.807) is 31.4 Å². The second-order valence-electron chi connectivity index (χ2n) is 8.02. The van der Waals surface area contributed by atoms with E-state index in [0.29, 0.717) is 24.2 Å². The van der Waals surface area contributed by atoms with Gasteiger partial charge < -0.3 is 14.5 Å². The molecule has 1 aliphatic rings. The molecule has 2 amide bonds. The van der Waals surface area contributed by atoms with Gasteiger partial charge in [0.1, 0.15) is 5.75 Å². The third kappa shape index (κ3) is 3.98. The van der Waals surface area contributed by atoms with Gasteiger partial charge in [-0.3, -0.25) is 9.59 Å². The molecule has 0 spiro atoms. The molecule has 5 heteroatoms. The Balaban J connectivity index is 1.76.